The molecule has 1 atom stereocenters. The van der Waals surface area contributed by atoms with Crippen LogP contribution in [-0.2, 0) is 0 Å². The standard InChI is InChI=1S/C19H16FN3S/c20-16-8-4-5-9-17(16)22-19(24)23-18(14-6-2-1-3-7-14)15-10-12-21-13-11-15/h1-13,18H,(H2,22,23,24)/t18-/m1/s1. The molecule has 0 spiro atoms. The highest BCUT2D eigenvalue weighted by Gasteiger charge is 2.15. The normalized spacial score (nSPS) is 11.5. The van der Waals surface area contributed by atoms with Crippen molar-refractivity contribution in [3.8, 4) is 0 Å². The van der Waals surface area contributed by atoms with Crippen LogP contribution >= 0.6 is 12.2 Å². The van der Waals surface area contributed by atoms with Gasteiger partial charge in [-0.25, -0.2) is 4.39 Å². The molecule has 0 aliphatic rings. The van der Waals surface area contributed by atoms with Gasteiger partial charge in [-0.3, -0.25) is 4.98 Å². The topological polar surface area (TPSA) is 37.0 Å². The Morgan fingerprint density at radius 1 is 0.875 bits per heavy atom. The molecule has 0 bridgehead atoms. The first kappa shape index (κ1) is 16.1. The highest BCUT2D eigenvalue weighted by molar-refractivity contribution is 7.80. The number of aromatic nitrogens is 1. The van der Waals surface area contributed by atoms with Gasteiger partial charge in [0.1, 0.15) is 5.82 Å². The largest absolute Gasteiger partial charge is 0.352 e. The van der Waals surface area contributed by atoms with Gasteiger partial charge in [0.2, 0.25) is 0 Å². The fourth-order valence-corrected chi connectivity index (χ4v) is 2.64. The number of halogens is 1. The maximum Gasteiger partial charge on any atom is 0.171 e. The van der Waals surface area contributed by atoms with Crippen LogP contribution in [0, 0.1) is 5.82 Å². The van der Waals surface area contributed by atoms with Gasteiger partial charge < -0.3 is 10.6 Å². The van der Waals surface area contributed by atoms with E-state index in [4.69, 9.17) is 12.2 Å². The van der Waals surface area contributed by atoms with E-state index in [1.807, 2.05) is 42.5 Å². The van der Waals surface area contributed by atoms with Gasteiger partial charge >= 0.3 is 0 Å². The average molecular weight is 337 g/mol. The summed E-state index contributed by atoms with van der Waals surface area (Å²) in [6.45, 7) is 0. The number of nitrogens with zero attached hydrogens (tertiary/aromatic N) is 1. The van der Waals surface area contributed by atoms with Gasteiger partial charge in [0.05, 0.1) is 11.7 Å². The third-order valence-corrected chi connectivity index (χ3v) is 3.79. The Hall–Kier alpha value is -2.79. The van der Waals surface area contributed by atoms with Crippen LogP contribution in [0.15, 0.2) is 79.1 Å². The Morgan fingerprint density at radius 2 is 1.50 bits per heavy atom. The fraction of sp³-hybridized carbons (Fsp3) is 0.0526. The van der Waals surface area contributed by atoms with E-state index in [-0.39, 0.29) is 11.9 Å². The van der Waals surface area contributed by atoms with Crippen molar-refractivity contribution in [3.05, 3.63) is 96.1 Å². The van der Waals surface area contributed by atoms with Gasteiger partial charge in [-0.05, 0) is 47.6 Å². The number of thiocarbonyl (C=S) groups is 1. The summed E-state index contributed by atoms with van der Waals surface area (Å²) in [5, 5.41) is 6.51. The molecule has 0 fully saturated rings. The van der Waals surface area contributed by atoms with E-state index in [2.05, 4.69) is 15.6 Å². The first-order valence-corrected chi connectivity index (χ1v) is 7.92. The summed E-state index contributed by atoms with van der Waals surface area (Å²) in [6, 6.07) is 20.1. The van der Waals surface area contributed by atoms with Crippen molar-refractivity contribution in [2.75, 3.05) is 5.32 Å². The second-order valence-electron chi connectivity index (χ2n) is 5.20. The van der Waals surface area contributed by atoms with Crippen LogP contribution in [0.1, 0.15) is 17.2 Å². The number of para-hydroxylation sites is 1. The molecule has 3 aromatic rings. The van der Waals surface area contributed by atoms with E-state index in [0.717, 1.165) is 11.1 Å². The summed E-state index contributed by atoms with van der Waals surface area (Å²) >= 11 is 5.37. The molecule has 1 aromatic heterocycles. The van der Waals surface area contributed by atoms with Crippen molar-refractivity contribution in [1.29, 1.82) is 0 Å². The Kier molecular flexibility index (Phi) is 5.13. The summed E-state index contributed by atoms with van der Waals surface area (Å²) in [5.74, 6) is -0.346. The van der Waals surface area contributed by atoms with E-state index in [1.54, 1.807) is 30.6 Å². The van der Waals surface area contributed by atoms with Crippen LogP contribution in [0.3, 0.4) is 0 Å². The maximum absolute atomic E-state index is 13.8. The Bertz CT molecular complexity index is 770. The molecular formula is C19H16FN3S. The Morgan fingerprint density at radius 3 is 2.21 bits per heavy atom. The number of anilines is 1. The Labute approximate surface area is 145 Å². The highest BCUT2D eigenvalue weighted by Crippen LogP contribution is 2.22. The van der Waals surface area contributed by atoms with Crippen molar-refractivity contribution in [2.45, 2.75) is 6.04 Å². The average Bonchev–Trinajstić information content (AvgIpc) is 2.63. The van der Waals surface area contributed by atoms with Gasteiger partial charge in [0, 0.05) is 12.4 Å². The molecule has 2 N–H and O–H groups in total. The second kappa shape index (κ2) is 7.66. The summed E-state index contributed by atoms with van der Waals surface area (Å²) in [6.07, 6.45) is 3.47. The zero-order valence-corrected chi connectivity index (χ0v) is 13.6. The van der Waals surface area contributed by atoms with E-state index < -0.39 is 0 Å². The minimum absolute atomic E-state index is 0.152. The molecule has 0 aliphatic carbocycles. The van der Waals surface area contributed by atoms with Crippen molar-refractivity contribution in [3.63, 3.8) is 0 Å². The van der Waals surface area contributed by atoms with E-state index in [1.165, 1.54) is 6.07 Å². The zero-order valence-electron chi connectivity index (χ0n) is 12.8. The van der Waals surface area contributed by atoms with Gasteiger partial charge in [-0.2, -0.15) is 0 Å². The van der Waals surface area contributed by atoms with E-state index >= 15 is 0 Å². The zero-order chi connectivity index (χ0) is 16.8. The molecular weight excluding hydrogens is 321 g/mol. The SMILES string of the molecule is Fc1ccccc1NC(=S)N[C@H](c1ccccc1)c1ccncc1. The molecule has 5 heteroatoms. The van der Waals surface area contributed by atoms with Gasteiger partial charge in [-0.1, -0.05) is 42.5 Å². The van der Waals surface area contributed by atoms with Crippen LogP contribution in [-0.4, -0.2) is 10.1 Å². The molecule has 0 saturated heterocycles. The van der Waals surface area contributed by atoms with Gasteiger partial charge in [-0.15, -0.1) is 0 Å². The lowest BCUT2D eigenvalue weighted by Crippen LogP contribution is -2.33. The van der Waals surface area contributed by atoms with Crippen LogP contribution in [0.25, 0.3) is 0 Å². The first-order valence-electron chi connectivity index (χ1n) is 7.51. The minimum Gasteiger partial charge on any atom is -0.352 e. The van der Waals surface area contributed by atoms with Crippen molar-refractivity contribution in [1.82, 2.24) is 10.3 Å². The van der Waals surface area contributed by atoms with Crippen molar-refractivity contribution >= 4 is 23.0 Å². The van der Waals surface area contributed by atoms with Crippen LogP contribution in [0.5, 0.6) is 0 Å². The monoisotopic (exact) mass is 337 g/mol. The number of benzene rings is 2. The molecule has 1 heterocycles. The maximum atomic E-state index is 13.8. The molecule has 120 valence electrons. The van der Waals surface area contributed by atoms with Crippen molar-refractivity contribution in [2.24, 2.45) is 0 Å². The molecule has 0 unspecified atom stereocenters. The Balaban J connectivity index is 1.82. The predicted octanol–water partition coefficient (Wildman–Crippen LogP) is 4.30. The number of hydrogen-bond acceptors (Lipinski definition) is 2. The molecule has 24 heavy (non-hydrogen) atoms. The lowest BCUT2D eigenvalue weighted by atomic mass is 10.00. The summed E-state index contributed by atoms with van der Waals surface area (Å²) in [5.41, 5.74) is 2.42. The third kappa shape index (κ3) is 3.94. The molecule has 0 saturated carbocycles. The smallest absolute Gasteiger partial charge is 0.171 e. The summed E-state index contributed by atoms with van der Waals surface area (Å²) in [7, 11) is 0. The highest BCUT2D eigenvalue weighted by atomic mass is 32.1. The molecule has 0 radical (unpaired) electrons. The first-order chi connectivity index (χ1) is 11.7. The lowest BCUT2D eigenvalue weighted by molar-refractivity contribution is 0.632. The summed E-state index contributed by atoms with van der Waals surface area (Å²) in [4.78, 5) is 4.05. The molecule has 3 nitrogen and oxygen atoms in total. The number of pyridine rings is 1. The number of hydrogen-bond donors (Lipinski definition) is 2. The van der Waals surface area contributed by atoms with E-state index in [0.29, 0.717) is 10.8 Å². The lowest BCUT2D eigenvalue weighted by Gasteiger charge is -2.22. The summed E-state index contributed by atoms with van der Waals surface area (Å²) < 4.78 is 13.8. The fourth-order valence-electron chi connectivity index (χ4n) is 2.41. The van der Waals surface area contributed by atoms with Gasteiger partial charge in [0.15, 0.2) is 5.11 Å². The number of rotatable bonds is 4. The van der Waals surface area contributed by atoms with E-state index in [9.17, 15) is 4.39 Å². The van der Waals surface area contributed by atoms with Crippen molar-refractivity contribution < 1.29 is 4.39 Å². The number of nitrogens with one attached hydrogen (secondary N) is 2. The van der Waals surface area contributed by atoms with Crippen LogP contribution in [0.4, 0.5) is 10.1 Å². The van der Waals surface area contributed by atoms with Crippen LogP contribution in [0.2, 0.25) is 0 Å². The molecule has 0 aliphatic heterocycles. The molecule has 2 aromatic carbocycles. The minimum atomic E-state index is -0.346. The molecule has 3 rings (SSSR count). The van der Waals surface area contributed by atoms with Gasteiger partial charge in [0.25, 0.3) is 0 Å². The third-order valence-electron chi connectivity index (χ3n) is 3.57. The molecule has 0 amide bonds. The quantitative estimate of drug-likeness (QED) is 0.696. The second-order valence-corrected chi connectivity index (χ2v) is 5.61. The van der Waals surface area contributed by atoms with Crippen LogP contribution < -0.4 is 10.6 Å². The predicted molar refractivity (Wildman–Crippen MR) is 98.3 cm³/mol.